The molecule has 1 atom stereocenters. The van der Waals surface area contributed by atoms with Gasteiger partial charge in [0.05, 0.1) is 12.0 Å². The third-order valence-corrected chi connectivity index (χ3v) is 2.63. The van der Waals surface area contributed by atoms with E-state index in [0.29, 0.717) is 0 Å². The van der Waals surface area contributed by atoms with Gasteiger partial charge in [0.2, 0.25) is 0 Å². The zero-order valence-electron chi connectivity index (χ0n) is 8.16. The minimum atomic E-state index is 0.794. The third-order valence-electron chi connectivity index (χ3n) is 2.63. The number of hydrogen-bond acceptors (Lipinski definition) is 2. The van der Waals surface area contributed by atoms with Gasteiger partial charge in [0.25, 0.3) is 0 Å². The summed E-state index contributed by atoms with van der Waals surface area (Å²) < 4.78 is 2.20. The molecule has 1 N–H and O–H groups in total. The van der Waals surface area contributed by atoms with Crippen LogP contribution in [0.1, 0.15) is 18.5 Å². The molecule has 0 saturated carbocycles. The van der Waals surface area contributed by atoms with E-state index in [1.54, 1.807) is 0 Å². The van der Waals surface area contributed by atoms with E-state index in [1.807, 2.05) is 13.3 Å². The second kappa shape index (κ2) is 3.92. The summed E-state index contributed by atoms with van der Waals surface area (Å²) in [6.07, 6.45) is 6.72. The summed E-state index contributed by atoms with van der Waals surface area (Å²) in [5.41, 5.74) is 1.11. The highest BCUT2D eigenvalue weighted by atomic mass is 15.0. The summed E-state index contributed by atoms with van der Waals surface area (Å²) in [4.78, 5) is 4.22. The first kappa shape index (κ1) is 8.75. The molecule has 1 saturated heterocycles. The molecular formula is C10H17N3. The van der Waals surface area contributed by atoms with Gasteiger partial charge in [-0.3, -0.25) is 0 Å². The van der Waals surface area contributed by atoms with Crippen LogP contribution >= 0.6 is 0 Å². The number of imidazole rings is 1. The van der Waals surface area contributed by atoms with Crippen molar-refractivity contribution in [1.82, 2.24) is 14.9 Å². The summed E-state index contributed by atoms with van der Waals surface area (Å²) in [5.74, 6) is 0.794. The number of piperidine rings is 1. The Kier molecular flexibility index (Phi) is 2.64. The van der Waals surface area contributed by atoms with Crippen molar-refractivity contribution in [3.05, 3.63) is 18.2 Å². The molecule has 2 rings (SSSR count). The summed E-state index contributed by atoms with van der Waals surface area (Å²) in [6.45, 7) is 5.51. The minimum Gasteiger partial charge on any atom is -0.337 e. The molecule has 1 aromatic heterocycles. The Hall–Kier alpha value is -0.830. The molecule has 0 aromatic carbocycles. The number of nitrogens with zero attached hydrogens (tertiary/aromatic N) is 2. The van der Waals surface area contributed by atoms with Crippen LogP contribution in [0.3, 0.4) is 0 Å². The Bertz CT molecular complexity index is 261. The Balaban J connectivity index is 1.89. The van der Waals surface area contributed by atoms with Gasteiger partial charge in [-0.25, -0.2) is 4.98 Å². The number of hydrogen-bond donors (Lipinski definition) is 1. The molecule has 1 aliphatic heterocycles. The lowest BCUT2D eigenvalue weighted by Crippen LogP contribution is -2.31. The van der Waals surface area contributed by atoms with Gasteiger partial charge in [-0.2, -0.15) is 0 Å². The predicted molar refractivity (Wildman–Crippen MR) is 52.6 cm³/mol. The second-order valence-corrected chi connectivity index (χ2v) is 3.92. The average Bonchev–Trinajstić information content (AvgIpc) is 2.53. The predicted octanol–water partition coefficient (Wildman–Crippen LogP) is 1.19. The van der Waals surface area contributed by atoms with Gasteiger partial charge >= 0.3 is 0 Å². The summed E-state index contributed by atoms with van der Waals surface area (Å²) in [5, 5.41) is 3.43. The standard InChI is InChI=1S/C10H17N3/c1-9-6-13(8-12-9)7-10-3-2-4-11-5-10/h6,8,10-11H,2-5,7H2,1H3/t10-/m1/s1. The number of aromatic nitrogens is 2. The van der Waals surface area contributed by atoms with E-state index in [1.165, 1.54) is 19.4 Å². The van der Waals surface area contributed by atoms with Crippen LogP contribution < -0.4 is 5.32 Å². The Morgan fingerprint density at radius 3 is 3.23 bits per heavy atom. The Morgan fingerprint density at radius 2 is 2.62 bits per heavy atom. The molecule has 0 amide bonds. The first-order valence-electron chi connectivity index (χ1n) is 5.03. The van der Waals surface area contributed by atoms with Crippen molar-refractivity contribution in [3.63, 3.8) is 0 Å². The molecule has 1 fully saturated rings. The number of rotatable bonds is 2. The van der Waals surface area contributed by atoms with E-state index >= 15 is 0 Å². The van der Waals surface area contributed by atoms with E-state index in [-0.39, 0.29) is 0 Å². The van der Waals surface area contributed by atoms with Crippen LogP contribution in [0, 0.1) is 12.8 Å². The maximum Gasteiger partial charge on any atom is 0.0949 e. The summed E-state index contributed by atoms with van der Waals surface area (Å²) >= 11 is 0. The molecule has 72 valence electrons. The van der Waals surface area contributed by atoms with E-state index in [0.717, 1.165) is 24.7 Å². The van der Waals surface area contributed by atoms with Crippen molar-refractivity contribution < 1.29 is 0 Å². The van der Waals surface area contributed by atoms with E-state index in [9.17, 15) is 0 Å². The lowest BCUT2D eigenvalue weighted by atomic mass is 10.00. The van der Waals surface area contributed by atoms with Crippen molar-refractivity contribution >= 4 is 0 Å². The molecule has 13 heavy (non-hydrogen) atoms. The number of aryl methyl sites for hydroxylation is 1. The van der Waals surface area contributed by atoms with Gasteiger partial charge in [-0.1, -0.05) is 0 Å². The highest BCUT2D eigenvalue weighted by molar-refractivity contribution is 4.92. The van der Waals surface area contributed by atoms with Crippen LogP contribution in [0.5, 0.6) is 0 Å². The molecule has 1 aliphatic rings. The smallest absolute Gasteiger partial charge is 0.0949 e. The minimum absolute atomic E-state index is 0.794. The largest absolute Gasteiger partial charge is 0.337 e. The molecule has 0 bridgehead atoms. The average molecular weight is 179 g/mol. The SMILES string of the molecule is Cc1cn(C[C@@H]2CCCNC2)cn1. The van der Waals surface area contributed by atoms with Crippen LogP contribution in [-0.2, 0) is 6.54 Å². The fourth-order valence-corrected chi connectivity index (χ4v) is 1.95. The van der Waals surface area contributed by atoms with Crippen molar-refractivity contribution in [2.24, 2.45) is 5.92 Å². The van der Waals surface area contributed by atoms with Crippen LogP contribution in [0.15, 0.2) is 12.5 Å². The van der Waals surface area contributed by atoms with E-state index in [2.05, 4.69) is 21.1 Å². The third kappa shape index (κ3) is 2.31. The normalized spacial score (nSPS) is 23.3. The van der Waals surface area contributed by atoms with Gasteiger partial charge < -0.3 is 9.88 Å². The number of nitrogens with one attached hydrogen (secondary N) is 1. The highest BCUT2D eigenvalue weighted by Crippen LogP contribution is 2.12. The van der Waals surface area contributed by atoms with Crippen LogP contribution in [0.25, 0.3) is 0 Å². The first-order valence-corrected chi connectivity index (χ1v) is 5.03. The molecule has 0 aliphatic carbocycles. The zero-order valence-corrected chi connectivity index (χ0v) is 8.16. The zero-order chi connectivity index (χ0) is 9.10. The lowest BCUT2D eigenvalue weighted by Gasteiger charge is -2.22. The van der Waals surface area contributed by atoms with Crippen LogP contribution in [0.2, 0.25) is 0 Å². The monoisotopic (exact) mass is 179 g/mol. The molecule has 0 spiro atoms. The highest BCUT2D eigenvalue weighted by Gasteiger charge is 2.12. The fourth-order valence-electron chi connectivity index (χ4n) is 1.95. The van der Waals surface area contributed by atoms with Crippen molar-refractivity contribution in [3.8, 4) is 0 Å². The summed E-state index contributed by atoms with van der Waals surface area (Å²) in [7, 11) is 0. The molecule has 3 heteroatoms. The quantitative estimate of drug-likeness (QED) is 0.739. The van der Waals surface area contributed by atoms with Gasteiger partial charge in [-0.05, 0) is 38.8 Å². The Labute approximate surface area is 79.2 Å². The van der Waals surface area contributed by atoms with Crippen molar-refractivity contribution in [1.29, 1.82) is 0 Å². The molecular weight excluding hydrogens is 162 g/mol. The Morgan fingerprint density at radius 1 is 1.69 bits per heavy atom. The topological polar surface area (TPSA) is 29.9 Å². The summed E-state index contributed by atoms with van der Waals surface area (Å²) in [6, 6.07) is 0. The molecule has 2 heterocycles. The maximum absolute atomic E-state index is 4.22. The fraction of sp³-hybridized carbons (Fsp3) is 0.700. The van der Waals surface area contributed by atoms with Crippen molar-refractivity contribution in [2.75, 3.05) is 13.1 Å². The molecule has 3 nitrogen and oxygen atoms in total. The molecule has 1 aromatic rings. The van der Waals surface area contributed by atoms with E-state index in [4.69, 9.17) is 0 Å². The van der Waals surface area contributed by atoms with Crippen molar-refractivity contribution in [2.45, 2.75) is 26.3 Å². The maximum atomic E-state index is 4.22. The first-order chi connectivity index (χ1) is 6.34. The van der Waals surface area contributed by atoms with Gasteiger partial charge in [0.15, 0.2) is 0 Å². The van der Waals surface area contributed by atoms with E-state index < -0.39 is 0 Å². The second-order valence-electron chi connectivity index (χ2n) is 3.92. The van der Waals surface area contributed by atoms with Crippen LogP contribution in [-0.4, -0.2) is 22.6 Å². The van der Waals surface area contributed by atoms with Gasteiger partial charge in [-0.15, -0.1) is 0 Å². The van der Waals surface area contributed by atoms with Gasteiger partial charge in [0, 0.05) is 12.7 Å². The molecule has 0 unspecified atom stereocenters. The van der Waals surface area contributed by atoms with Gasteiger partial charge in [0.1, 0.15) is 0 Å². The van der Waals surface area contributed by atoms with Crippen LogP contribution in [0.4, 0.5) is 0 Å². The molecule has 0 radical (unpaired) electrons. The lowest BCUT2D eigenvalue weighted by molar-refractivity contribution is 0.337.